The first kappa shape index (κ1) is 19.1. The van der Waals surface area contributed by atoms with Gasteiger partial charge in [-0.05, 0) is 46.0 Å². The minimum Gasteiger partial charge on any atom is -0.415 e. The highest BCUT2D eigenvalue weighted by Crippen LogP contribution is 2.19. The normalized spacial score (nSPS) is 12.3. The summed E-state index contributed by atoms with van der Waals surface area (Å²) in [5.74, 6) is 0. The van der Waals surface area contributed by atoms with E-state index < -0.39 is 8.32 Å². The second-order valence-corrected chi connectivity index (χ2v) is 10.9. The summed E-state index contributed by atoms with van der Waals surface area (Å²) in [6, 6.07) is 1.32. The minimum absolute atomic E-state index is 0.398. The van der Waals surface area contributed by atoms with E-state index in [0.717, 1.165) is 6.54 Å². The lowest BCUT2D eigenvalue weighted by molar-refractivity contribution is 0.230. The first-order chi connectivity index (χ1) is 8.98. The van der Waals surface area contributed by atoms with Crippen molar-refractivity contribution in [2.24, 2.45) is 5.73 Å². The molecule has 0 spiro atoms. The van der Waals surface area contributed by atoms with Crippen molar-refractivity contribution in [3.8, 4) is 0 Å². The highest BCUT2D eigenvalue weighted by Gasteiger charge is 2.22. The highest BCUT2D eigenvalue weighted by molar-refractivity contribution is 6.71. The van der Waals surface area contributed by atoms with Gasteiger partial charge in [-0.15, -0.1) is 0 Å². The Morgan fingerprint density at radius 2 is 1.21 bits per heavy atom. The lowest BCUT2D eigenvalue weighted by atomic mass is 10.1. The molecule has 2 nitrogen and oxygen atoms in total. The largest absolute Gasteiger partial charge is 0.415 e. The zero-order chi connectivity index (χ0) is 14.6. The predicted octanol–water partition coefficient (Wildman–Crippen LogP) is 5.09. The monoisotopic (exact) mass is 287 g/mol. The van der Waals surface area contributed by atoms with Crippen molar-refractivity contribution in [2.75, 3.05) is 6.54 Å². The molecule has 0 aromatic rings. The summed E-state index contributed by atoms with van der Waals surface area (Å²) in [4.78, 5) is 0. The minimum atomic E-state index is -1.37. The Morgan fingerprint density at radius 1 is 0.789 bits per heavy atom. The van der Waals surface area contributed by atoms with Gasteiger partial charge in [0.1, 0.15) is 0 Å². The van der Waals surface area contributed by atoms with E-state index >= 15 is 0 Å². The molecule has 0 aromatic heterocycles. The van der Waals surface area contributed by atoms with Crippen LogP contribution in [0.2, 0.25) is 19.1 Å². The zero-order valence-electron chi connectivity index (χ0n) is 13.8. The van der Waals surface area contributed by atoms with Crippen LogP contribution in [-0.2, 0) is 4.43 Å². The Hall–Kier alpha value is 0.137. The van der Waals surface area contributed by atoms with E-state index in [9.17, 15) is 0 Å². The molecule has 2 N–H and O–H groups in total. The molecule has 0 heterocycles. The fourth-order valence-corrected chi connectivity index (χ4v) is 5.12. The molecule has 3 heteroatoms. The first-order valence-electron chi connectivity index (χ1n) is 8.36. The third-order valence-corrected chi connectivity index (χ3v) is 6.20. The number of nitrogens with two attached hydrogens (primary N) is 1. The zero-order valence-corrected chi connectivity index (χ0v) is 14.8. The molecule has 0 amide bonds. The SMILES string of the molecule is CC(C)O[Si](C)(C)CCCCCCCCCCCN. The molecule has 0 saturated heterocycles. The molecule has 0 aromatic carbocycles. The van der Waals surface area contributed by atoms with Gasteiger partial charge in [0.05, 0.1) is 0 Å². The lowest BCUT2D eigenvalue weighted by Gasteiger charge is -2.25. The van der Waals surface area contributed by atoms with Crippen LogP contribution >= 0.6 is 0 Å². The number of hydrogen-bond acceptors (Lipinski definition) is 2. The topological polar surface area (TPSA) is 35.2 Å². The summed E-state index contributed by atoms with van der Waals surface area (Å²) in [6.45, 7) is 9.87. The molecule has 0 fully saturated rings. The molecule has 116 valence electrons. The maximum Gasteiger partial charge on any atom is 0.187 e. The second kappa shape index (κ2) is 11.9. The van der Waals surface area contributed by atoms with Crippen LogP contribution in [0.3, 0.4) is 0 Å². The van der Waals surface area contributed by atoms with Gasteiger partial charge in [0.2, 0.25) is 0 Å². The Balaban J connectivity index is 3.26. The molecule has 0 radical (unpaired) electrons. The van der Waals surface area contributed by atoms with Crippen molar-refractivity contribution in [1.82, 2.24) is 0 Å². The number of unbranched alkanes of at least 4 members (excludes halogenated alkanes) is 8. The van der Waals surface area contributed by atoms with Crippen molar-refractivity contribution < 1.29 is 4.43 Å². The summed E-state index contributed by atoms with van der Waals surface area (Å²) in [7, 11) is -1.37. The van der Waals surface area contributed by atoms with Crippen LogP contribution in [0, 0.1) is 0 Å². The van der Waals surface area contributed by atoms with Crippen LogP contribution in [0.25, 0.3) is 0 Å². The Bertz CT molecular complexity index is 195. The van der Waals surface area contributed by atoms with E-state index in [4.69, 9.17) is 10.2 Å². The first-order valence-corrected chi connectivity index (χ1v) is 11.5. The fraction of sp³-hybridized carbons (Fsp3) is 1.00. The Labute approximate surface area is 122 Å². The van der Waals surface area contributed by atoms with Gasteiger partial charge >= 0.3 is 0 Å². The molecule has 0 aliphatic heterocycles. The van der Waals surface area contributed by atoms with Crippen LogP contribution in [0.4, 0.5) is 0 Å². The van der Waals surface area contributed by atoms with Crippen LogP contribution in [0.1, 0.15) is 71.6 Å². The summed E-state index contributed by atoms with van der Waals surface area (Å²) >= 11 is 0. The van der Waals surface area contributed by atoms with Gasteiger partial charge < -0.3 is 10.2 Å². The second-order valence-electron chi connectivity index (χ2n) is 6.65. The maximum absolute atomic E-state index is 6.05. The third-order valence-electron chi connectivity index (χ3n) is 3.54. The van der Waals surface area contributed by atoms with E-state index in [1.807, 2.05) is 0 Å². The molecular weight excluding hydrogens is 250 g/mol. The van der Waals surface area contributed by atoms with Crippen LogP contribution in [-0.4, -0.2) is 21.0 Å². The van der Waals surface area contributed by atoms with Crippen molar-refractivity contribution in [1.29, 1.82) is 0 Å². The van der Waals surface area contributed by atoms with E-state index in [0.29, 0.717) is 6.10 Å². The fourth-order valence-electron chi connectivity index (χ4n) is 2.63. The smallest absolute Gasteiger partial charge is 0.187 e. The molecule has 0 unspecified atom stereocenters. The summed E-state index contributed by atoms with van der Waals surface area (Å²) in [5, 5.41) is 0. The van der Waals surface area contributed by atoms with E-state index in [2.05, 4.69) is 26.9 Å². The Morgan fingerprint density at radius 3 is 1.63 bits per heavy atom. The molecule has 0 rings (SSSR count). The summed E-state index contributed by atoms with van der Waals surface area (Å²) in [6.07, 6.45) is 12.7. The van der Waals surface area contributed by atoms with Gasteiger partial charge in [0.25, 0.3) is 0 Å². The average molecular weight is 288 g/mol. The van der Waals surface area contributed by atoms with E-state index in [1.54, 1.807) is 0 Å². The standard InChI is InChI=1S/C16H37NOSi/c1-16(2)18-19(3,4)15-13-11-9-7-5-6-8-10-12-14-17/h16H,5-15,17H2,1-4H3. The highest BCUT2D eigenvalue weighted by atomic mass is 28.4. The van der Waals surface area contributed by atoms with Gasteiger partial charge in [-0.2, -0.15) is 0 Å². The molecule has 0 aliphatic rings. The van der Waals surface area contributed by atoms with E-state index in [-0.39, 0.29) is 0 Å². The molecule has 0 saturated carbocycles. The van der Waals surface area contributed by atoms with Crippen LogP contribution < -0.4 is 5.73 Å². The van der Waals surface area contributed by atoms with Crippen molar-refractivity contribution in [3.05, 3.63) is 0 Å². The van der Waals surface area contributed by atoms with Crippen LogP contribution in [0.5, 0.6) is 0 Å². The van der Waals surface area contributed by atoms with Crippen LogP contribution in [0.15, 0.2) is 0 Å². The molecule has 0 bridgehead atoms. The van der Waals surface area contributed by atoms with Gasteiger partial charge in [-0.25, -0.2) is 0 Å². The summed E-state index contributed by atoms with van der Waals surface area (Å²) in [5.41, 5.74) is 5.48. The maximum atomic E-state index is 6.05. The van der Waals surface area contributed by atoms with Gasteiger partial charge in [0, 0.05) is 6.10 Å². The van der Waals surface area contributed by atoms with Gasteiger partial charge in [-0.3, -0.25) is 0 Å². The van der Waals surface area contributed by atoms with Crippen molar-refractivity contribution in [2.45, 2.75) is 96.9 Å². The number of rotatable bonds is 13. The molecule has 0 aliphatic carbocycles. The number of hydrogen-bond donors (Lipinski definition) is 1. The van der Waals surface area contributed by atoms with E-state index in [1.165, 1.54) is 63.8 Å². The third kappa shape index (κ3) is 14.4. The predicted molar refractivity (Wildman–Crippen MR) is 89.1 cm³/mol. The Kier molecular flexibility index (Phi) is 12.0. The quantitative estimate of drug-likeness (QED) is 0.378. The molecule has 0 atom stereocenters. The molecular formula is C16H37NOSi. The van der Waals surface area contributed by atoms with Crippen molar-refractivity contribution >= 4 is 8.32 Å². The molecule has 19 heavy (non-hydrogen) atoms. The van der Waals surface area contributed by atoms with Gasteiger partial charge in [0.15, 0.2) is 8.32 Å². The van der Waals surface area contributed by atoms with Crippen molar-refractivity contribution in [3.63, 3.8) is 0 Å². The van der Waals surface area contributed by atoms with Gasteiger partial charge in [-0.1, -0.05) is 51.4 Å². The lowest BCUT2D eigenvalue weighted by Crippen LogP contribution is -2.33. The summed E-state index contributed by atoms with van der Waals surface area (Å²) < 4.78 is 6.05. The average Bonchev–Trinajstić information content (AvgIpc) is 2.30.